The number of hydrogen-bond donors (Lipinski definition) is 0. The van der Waals surface area contributed by atoms with E-state index < -0.39 is 0 Å². The Balaban J connectivity index is 1.16. The first-order chi connectivity index (χ1) is 44.0. The third kappa shape index (κ3) is 11.8. The lowest BCUT2D eigenvalue weighted by molar-refractivity contribution is 0.568. The maximum atomic E-state index is 2.64. The highest BCUT2D eigenvalue weighted by Crippen LogP contribution is 2.51. The minimum atomic E-state index is -0.126. The van der Waals surface area contributed by atoms with Gasteiger partial charge in [-0.1, -0.05) is 285 Å². The van der Waals surface area contributed by atoms with Crippen molar-refractivity contribution >= 4 is 71.2 Å². The highest BCUT2D eigenvalue weighted by atomic mass is 15.1. The van der Waals surface area contributed by atoms with Gasteiger partial charge in [0, 0.05) is 32.8 Å². The molecule has 0 bridgehead atoms. The molecular formula is C92H98N2. The maximum absolute atomic E-state index is 2.64. The molecule has 1 aromatic heterocycles. The summed E-state index contributed by atoms with van der Waals surface area (Å²) in [5.74, 6) is 0. The van der Waals surface area contributed by atoms with Gasteiger partial charge in [-0.2, -0.15) is 0 Å². The topological polar surface area (TPSA) is 8.17 Å². The first-order valence-corrected chi connectivity index (χ1v) is 34.4. The van der Waals surface area contributed by atoms with Crippen LogP contribution in [0.25, 0.3) is 104 Å². The molecule has 0 saturated carbocycles. The van der Waals surface area contributed by atoms with E-state index in [0.717, 1.165) is 17.1 Å². The molecule has 2 nitrogen and oxygen atoms in total. The van der Waals surface area contributed by atoms with Gasteiger partial charge >= 0.3 is 0 Å². The Kier molecular flexibility index (Phi) is 15.3. The number of nitrogens with zero attached hydrogens (tertiary/aromatic N) is 2. The van der Waals surface area contributed by atoms with Crippen molar-refractivity contribution in [2.45, 2.75) is 183 Å². The summed E-state index contributed by atoms with van der Waals surface area (Å²) in [5, 5.41) is 10.0. The Bertz CT molecular complexity index is 4860. The molecule has 12 aromatic carbocycles. The Labute approximate surface area is 562 Å². The molecular weight excluding hydrogens is 1130 g/mol. The number of aromatic nitrogens is 1. The number of rotatable bonds is 8. The molecule has 0 N–H and O–H groups in total. The largest absolute Gasteiger partial charge is 0.309 e. The van der Waals surface area contributed by atoms with Crippen LogP contribution in [0.1, 0.15) is 184 Å². The lowest BCUT2D eigenvalue weighted by Gasteiger charge is -2.32. The van der Waals surface area contributed by atoms with Gasteiger partial charge in [0.15, 0.2) is 0 Å². The molecule has 0 saturated heterocycles. The van der Waals surface area contributed by atoms with Crippen LogP contribution >= 0.6 is 0 Å². The van der Waals surface area contributed by atoms with Gasteiger partial charge in [-0.25, -0.2) is 0 Å². The van der Waals surface area contributed by atoms with E-state index in [1.165, 1.54) is 143 Å². The fourth-order valence-electron chi connectivity index (χ4n) is 14.1. The van der Waals surface area contributed by atoms with Crippen molar-refractivity contribution in [3.63, 3.8) is 0 Å². The first kappa shape index (κ1) is 64.0. The van der Waals surface area contributed by atoms with Crippen LogP contribution in [0.5, 0.6) is 0 Å². The molecule has 94 heavy (non-hydrogen) atoms. The van der Waals surface area contributed by atoms with Crippen molar-refractivity contribution in [3.05, 3.63) is 251 Å². The van der Waals surface area contributed by atoms with Crippen LogP contribution in [-0.2, 0) is 37.9 Å². The summed E-state index contributed by atoms with van der Waals surface area (Å²) < 4.78 is 2.56. The van der Waals surface area contributed by atoms with E-state index in [4.69, 9.17) is 0 Å². The molecule has 2 heteroatoms. The van der Waals surface area contributed by atoms with E-state index in [0.29, 0.717) is 0 Å². The van der Waals surface area contributed by atoms with Gasteiger partial charge in [0.25, 0.3) is 0 Å². The van der Waals surface area contributed by atoms with Gasteiger partial charge in [-0.05, 0) is 210 Å². The van der Waals surface area contributed by atoms with Gasteiger partial charge in [0.1, 0.15) is 0 Å². The van der Waals surface area contributed by atoms with Crippen LogP contribution in [-0.4, -0.2) is 4.57 Å². The molecule has 0 unspecified atom stereocenters. The maximum Gasteiger partial charge on any atom is 0.0541 e. The summed E-state index contributed by atoms with van der Waals surface area (Å²) in [7, 11) is 0. The lowest BCUT2D eigenvalue weighted by atomic mass is 9.78. The summed E-state index contributed by atoms with van der Waals surface area (Å²) in [5.41, 5.74) is 25.3. The molecule has 0 amide bonds. The van der Waals surface area contributed by atoms with Crippen molar-refractivity contribution < 1.29 is 0 Å². The molecule has 476 valence electrons. The van der Waals surface area contributed by atoms with E-state index in [1.807, 2.05) is 0 Å². The number of fused-ring (bicyclic) bond motifs is 3. The van der Waals surface area contributed by atoms with Crippen LogP contribution in [0.4, 0.5) is 17.1 Å². The van der Waals surface area contributed by atoms with Crippen LogP contribution < -0.4 is 4.90 Å². The zero-order valence-corrected chi connectivity index (χ0v) is 60.1. The second-order valence-corrected chi connectivity index (χ2v) is 34.5. The summed E-state index contributed by atoms with van der Waals surface area (Å²) in [6, 6.07) is 83.3. The molecule has 0 atom stereocenters. The minimum absolute atomic E-state index is 0.00639. The van der Waals surface area contributed by atoms with E-state index in [2.05, 4.69) is 367 Å². The quantitative estimate of drug-likeness (QED) is 0.138. The molecule has 0 radical (unpaired) electrons. The smallest absolute Gasteiger partial charge is 0.0541 e. The fourth-order valence-corrected chi connectivity index (χ4v) is 14.1. The number of hydrogen-bond acceptors (Lipinski definition) is 1. The number of anilines is 3. The molecule has 0 spiro atoms. The Morgan fingerprint density at radius 3 is 1.12 bits per heavy atom. The molecule has 13 rings (SSSR count). The lowest BCUT2D eigenvalue weighted by Crippen LogP contribution is -2.17. The van der Waals surface area contributed by atoms with E-state index in [-0.39, 0.29) is 37.9 Å². The van der Waals surface area contributed by atoms with Crippen molar-refractivity contribution in [2.24, 2.45) is 0 Å². The molecule has 0 aliphatic carbocycles. The normalized spacial score (nSPS) is 13.2. The molecule has 13 aromatic rings. The fraction of sp³-hybridized carbons (Fsp3) is 0.304. The zero-order valence-electron chi connectivity index (χ0n) is 60.1. The second kappa shape index (κ2) is 22.5. The van der Waals surface area contributed by atoms with Gasteiger partial charge in [-0.15, -0.1) is 0 Å². The van der Waals surface area contributed by atoms with Crippen molar-refractivity contribution in [1.82, 2.24) is 4.57 Å². The molecule has 1 heterocycles. The highest BCUT2D eigenvalue weighted by molar-refractivity contribution is 6.28. The van der Waals surface area contributed by atoms with Gasteiger partial charge < -0.3 is 9.47 Å². The standard InChI is InChI=1S/C92H98N2/c1-86(2,3)66-34-41-81(76(54-66)61-29-25-28-60(44-61)57-26-23-22-24-27-57)93(73-50-62(64-46-69(89(10,11)12)52-70(47-64)90(13,14)15)45-63(51-73)65-48-71(91(16,17)18)53-72(49-65)92(19,20)21)79-39-32-58-31-38-75-80(40-33-59-30-37-74(79)84(58)85(59)75)94-82-42-35-67(87(4,5)6)55-77(82)78-56-68(88(7,8)9)36-43-83(78)94/h22-56H,1-21H3. The first-order valence-electron chi connectivity index (χ1n) is 34.4. The highest BCUT2D eigenvalue weighted by Gasteiger charge is 2.30. The zero-order chi connectivity index (χ0) is 67.1. The van der Waals surface area contributed by atoms with Crippen molar-refractivity contribution in [2.75, 3.05) is 4.90 Å². The summed E-state index contributed by atoms with van der Waals surface area (Å²) in [6.07, 6.45) is 0. The Morgan fingerprint density at radius 1 is 0.245 bits per heavy atom. The average Bonchev–Trinajstić information content (AvgIpc) is 1.22. The second-order valence-electron chi connectivity index (χ2n) is 34.5. The van der Waals surface area contributed by atoms with Gasteiger partial charge in [0.05, 0.1) is 28.1 Å². The van der Waals surface area contributed by atoms with Crippen molar-refractivity contribution in [3.8, 4) is 50.2 Å². The summed E-state index contributed by atoms with van der Waals surface area (Å²) in [6.45, 7) is 49.3. The minimum Gasteiger partial charge on any atom is -0.309 e. The predicted molar refractivity (Wildman–Crippen MR) is 412 cm³/mol. The molecule has 0 fully saturated rings. The van der Waals surface area contributed by atoms with Crippen LogP contribution in [0.2, 0.25) is 0 Å². The van der Waals surface area contributed by atoms with Gasteiger partial charge in [0.2, 0.25) is 0 Å². The molecule has 0 aliphatic heterocycles. The average molecular weight is 1230 g/mol. The van der Waals surface area contributed by atoms with E-state index in [9.17, 15) is 0 Å². The third-order valence-electron chi connectivity index (χ3n) is 20.2. The Morgan fingerprint density at radius 2 is 0.628 bits per heavy atom. The summed E-state index contributed by atoms with van der Waals surface area (Å²) >= 11 is 0. The van der Waals surface area contributed by atoms with Crippen molar-refractivity contribution in [1.29, 1.82) is 0 Å². The van der Waals surface area contributed by atoms with E-state index in [1.54, 1.807) is 0 Å². The monoisotopic (exact) mass is 1230 g/mol. The third-order valence-corrected chi connectivity index (χ3v) is 20.2. The van der Waals surface area contributed by atoms with Crippen LogP contribution in [0, 0.1) is 0 Å². The predicted octanol–water partition coefficient (Wildman–Crippen LogP) is 26.9. The molecule has 0 aliphatic rings. The van der Waals surface area contributed by atoms with Gasteiger partial charge in [-0.3, -0.25) is 0 Å². The number of benzene rings is 12. The van der Waals surface area contributed by atoms with E-state index >= 15 is 0 Å². The SMILES string of the molecule is CC(C)(C)c1cc(-c2cc(-c3cc(C(C)(C)C)cc(C(C)(C)C)c3)cc(N(c3ccc(C(C)(C)C)cc3-c3cccc(-c4ccccc4)c3)c3ccc4ccc5c(-n6c7ccc(C(C)(C)C)cc7c7cc(C(C)(C)C)ccc76)ccc6ccc3c4c65)c2)cc(C(C)(C)C)c1. The Hall–Kier alpha value is -8.72. The van der Waals surface area contributed by atoms with Crippen LogP contribution in [0.3, 0.4) is 0 Å². The summed E-state index contributed by atoms with van der Waals surface area (Å²) in [4.78, 5) is 2.64. The van der Waals surface area contributed by atoms with Crippen LogP contribution in [0.15, 0.2) is 212 Å².